The van der Waals surface area contributed by atoms with Crippen LogP contribution in [0.15, 0.2) is 17.0 Å². The third-order valence-electron chi connectivity index (χ3n) is 1.76. The third kappa shape index (κ3) is 1.26. The smallest absolute Gasteiger partial charge is 0.317 e. The Morgan fingerprint density at radius 3 is 2.71 bits per heavy atom. The van der Waals surface area contributed by atoms with Crippen LogP contribution >= 0.6 is 0 Å². The van der Waals surface area contributed by atoms with Crippen molar-refractivity contribution in [2.24, 2.45) is 0 Å². The van der Waals surface area contributed by atoms with E-state index in [1.54, 1.807) is 6.92 Å². The summed E-state index contributed by atoms with van der Waals surface area (Å²) in [5.74, 6) is -0.325. The number of rotatable bonds is 1. The molecule has 6 nitrogen and oxygen atoms in total. The second kappa shape index (κ2) is 2.99. The maximum Gasteiger partial charge on any atom is 0.317 e. The van der Waals surface area contributed by atoms with E-state index in [0.29, 0.717) is 11.3 Å². The van der Waals surface area contributed by atoms with Crippen molar-refractivity contribution in [1.29, 1.82) is 0 Å². The first-order valence-corrected chi connectivity index (χ1v) is 3.85. The van der Waals surface area contributed by atoms with Gasteiger partial charge in [-0.15, -0.1) is 0 Å². The Hall–Kier alpha value is -2.11. The lowest BCUT2D eigenvalue weighted by Gasteiger charge is -1.99. The minimum absolute atomic E-state index is 0.325. The first-order valence-electron chi connectivity index (χ1n) is 3.85. The van der Waals surface area contributed by atoms with Gasteiger partial charge >= 0.3 is 6.01 Å². The van der Waals surface area contributed by atoms with Crippen LogP contribution in [-0.4, -0.2) is 25.3 Å². The first kappa shape index (κ1) is 8.49. The van der Waals surface area contributed by atoms with E-state index in [0.717, 1.165) is 5.56 Å². The summed E-state index contributed by atoms with van der Waals surface area (Å²) in [4.78, 5) is 6.93. The van der Waals surface area contributed by atoms with Crippen LogP contribution < -0.4 is 0 Å². The molecule has 72 valence electrons. The maximum absolute atomic E-state index is 9.39. The molecule has 0 aliphatic rings. The van der Waals surface area contributed by atoms with E-state index in [1.165, 1.54) is 12.5 Å². The van der Waals surface area contributed by atoms with Crippen LogP contribution in [0.25, 0.3) is 11.3 Å². The molecule has 2 heterocycles. The molecule has 0 aliphatic heterocycles. The molecular formula is C8H7N3O3. The molecule has 0 aliphatic carbocycles. The van der Waals surface area contributed by atoms with Crippen molar-refractivity contribution >= 4 is 0 Å². The molecule has 14 heavy (non-hydrogen) atoms. The molecule has 2 rings (SSSR count). The largest absolute Gasteiger partial charge is 0.493 e. The third-order valence-corrected chi connectivity index (χ3v) is 1.76. The molecule has 0 saturated heterocycles. The topological polar surface area (TPSA) is 92.3 Å². The van der Waals surface area contributed by atoms with E-state index in [1.807, 2.05) is 0 Å². The van der Waals surface area contributed by atoms with Crippen LogP contribution in [0.4, 0.5) is 0 Å². The Kier molecular flexibility index (Phi) is 1.81. The minimum atomic E-state index is -0.479. The summed E-state index contributed by atoms with van der Waals surface area (Å²) in [7, 11) is 0. The summed E-state index contributed by atoms with van der Waals surface area (Å²) in [6, 6.07) is -0.479. The number of hydrogen-bond donors (Lipinski definition) is 2. The normalized spacial score (nSPS) is 10.4. The standard InChI is InChI=1S/C8H7N3O3/c1-4-3-14-11-6(4)5-2-9-8(13)10-7(5)12/h2-3H,1H3,(H2,9,10,12,13). The van der Waals surface area contributed by atoms with Crippen LogP contribution in [0.2, 0.25) is 0 Å². The summed E-state index contributed by atoms with van der Waals surface area (Å²) in [6.07, 6.45) is 2.73. The molecule has 0 aromatic carbocycles. The molecule has 0 fully saturated rings. The van der Waals surface area contributed by atoms with Gasteiger partial charge in [-0.05, 0) is 6.92 Å². The van der Waals surface area contributed by atoms with Crippen LogP contribution in [0.5, 0.6) is 11.9 Å². The SMILES string of the molecule is Cc1conc1-c1cnc(O)nc1O. The number of hydrogen-bond acceptors (Lipinski definition) is 6. The van der Waals surface area contributed by atoms with Gasteiger partial charge in [-0.2, -0.15) is 4.98 Å². The van der Waals surface area contributed by atoms with Gasteiger partial charge in [-0.25, -0.2) is 4.98 Å². The van der Waals surface area contributed by atoms with Gasteiger partial charge in [-0.3, -0.25) is 0 Å². The van der Waals surface area contributed by atoms with Crippen molar-refractivity contribution in [3.05, 3.63) is 18.0 Å². The molecule has 2 aromatic rings. The summed E-state index contributed by atoms with van der Waals surface area (Å²) < 4.78 is 4.71. The second-order valence-corrected chi connectivity index (χ2v) is 2.75. The minimum Gasteiger partial charge on any atom is -0.493 e. The van der Waals surface area contributed by atoms with Crippen LogP contribution in [0, 0.1) is 6.92 Å². The zero-order valence-electron chi connectivity index (χ0n) is 7.30. The molecular weight excluding hydrogens is 186 g/mol. The van der Waals surface area contributed by atoms with E-state index < -0.39 is 6.01 Å². The monoisotopic (exact) mass is 193 g/mol. The molecule has 0 atom stereocenters. The Labute approximate surface area is 78.8 Å². The summed E-state index contributed by atoms with van der Waals surface area (Å²) in [6.45, 7) is 1.78. The van der Waals surface area contributed by atoms with Gasteiger partial charge in [0.2, 0.25) is 5.88 Å². The Balaban J connectivity index is 2.58. The van der Waals surface area contributed by atoms with Crippen LogP contribution in [0.3, 0.4) is 0 Å². The van der Waals surface area contributed by atoms with Gasteiger partial charge in [0, 0.05) is 11.8 Å². The summed E-state index contributed by atoms with van der Waals surface area (Å²) in [5, 5.41) is 22.0. The van der Waals surface area contributed by atoms with E-state index in [2.05, 4.69) is 15.1 Å². The van der Waals surface area contributed by atoms with E-state index >= 15 is 0 Å². The van der Waals surface area contributed by atoms with Crippen molar-refractivity contribution in [1.82, 2.24) is 15.1 Å². The number of nitrogens with zero attached hydrogens (tertiary/aromatic N) is 3. The molecule has 0 bridgehead atoms. The van der Waals surface area contributed by atoms with Gasteiger partial charge in [0.25, 0.3) is 0 Å². The quantitative estimate of drug-likeness (QED) is 0.697. The van der Waals surface area contributed by atoms with Gasteiger partial charge in [0.05, 0.1) is 5.56 Å². The molecule has 0 spiro atoms. The lowest BCUT2D eigenvalue weighted by Crippen LogP contribution is -1.87. The highest BCUT2D eigenvalue weighted by Crippen LogP contribution is 2.28. The molecule has 0 unspecified atom stereocenters. The van der Waals surface area contributed by atoms with E-state index in [-0.39, 0.29) is 5.88 Å². The predicted molar refractivity (Wildman–Crippen MR) is 45.6 cm³/mol. The lowest BCUT2D eigenvalue weighted by molar-refractivity contribution is 0.396. The van der Waals surface area contributed by atoms with Crippen molar-refractivity contribution in [2.75, 3.05) is 0 Å². The highest BCUT2D eigenvalue weighted by Gasteiger charge is 2.13. The van der Waals surface area contributed by atoms with Crippen molar-refractivity contribution < 1.29 is 14.7 Å². The van der Waals surface area contributed by atoms with E-state index in [4.69, 9.17) is 9.63 Å². The van der Waals surface area contributed by atoms with Gasteiger partial charge in [0.1, 0.15) is 12.0 Å². The Bertz CT molecular complexity index is 467. The average Bonchev–Trinajstić information content (AvgIpc) is 2.52. The van der Waals surface area contributed by atoms with Crippen molar-refractivity contribution in [2.45, 2.75) is 6.92 Å². The Morgan fingerprint density at radius 1 is 1.36 bits per heavy atom. The van der Waals surface area contributed by atoms with Crippen molar-refractivity contribution in [3.63, 3.8) is 0 Å². The highest BCUT2D eigenvalue weighted by atomic mass is 16.5. The lowest BCUT2D eigenvalue weighted by atomic mass is 10.2. The van der Waals surface area contributed by atoms with Crippen LogP contribution in [-0.2, 0) is 0 Å². The Morgan fingerprint density at radius 2 is 2.14 bits per heavy atom. The fourth-order valence-electron chi connectivity index (χ4n) is 1.08. The fraction of sp³-hybridized carbons (Fsp3) is 0.125. The molecule has 0 radical (unpaired) electrons. The fourth-order valence-corrected chi connectivity index (χ4v) is 1.08. The van der Waals surface area contributed by atoms with Crippen LogP contribution in [0.1, 0.15) is 5.56 Å². The maximum atomic E-state index is 9.39. The zero-order valence-corrected chi connectivity index (χ0v) is 7.30. The van der Waals surface area contributed by atoms with Gasteiger partial charge in [-0.1, -0.05) is 5.16 Å². The van der Waals surface area contributed by atoms with Gasteiger partial charge in [0.15, 0.2) is 0 Å². The first-order chi connectivity index (χ1) is 6.68. The number of aromatic hydroxyl groups is 2. The van der Waals surface area contributed by atoms with Gasteiger partial charge < -0.3 is 14.7 Å². The zero-order chi connectivity index (χ0) is 10.1. The molecule has 2 aromatic heterocycles. The molecule has 6 heteroatoms. The molecule has 2 N–H and O–H groups in total. The van der Waals surface area contributed by atoms with Crippen molar-refractivity contribution in [3.8, 4) is 23.1 Å². The number of aryl methyl sites for hydroxylation is 1. The second-order valence-electron chi connectivity index (χ2n) is 2.75. The predicted octanol–water partition coefficient (Wildman–Crippen LogP) is 0.851. The molecule has 0 amide bonds. The molecule has 0 saturated carbocycles. The van der Waals surface area contributed by atoms with E-state index in [9.17, 15) is 5.11 Å². The average molecular weight is 193 g/mol. The number of aromatic nitrogens is 3. The highest BCUT2D eigenvalue weighted by molar-refractivity contribution is 5.65. The summed E-state index contributed by atoms with van der Waals surface area (Å²) in [5.41, 5.74) is 1.55. The summed E-state index contributed by atoms with van der Waals surface area (Å²) >= 11 is 0.